The first-order valence-corrected chi connectivity index (χ1v) is 6.82. The summed E-state index contributed by atoms with van der Waals surface area (Å²) in [4.78, 5) is 2.03. The van der Waals surface area contributed by atoms with Gasteiger partial charge in [-0.15, -0.1) is 0 Å². The Morgan fingerprint density at radius 3 is 1.81 bits per heavy atom. The van der Waals surface area contributed by atoms with E-state index in [9.17, 15) is 10.2 Å². The van der Waals surface area contributed by atoms with Crippen molar-refractivity contribution in [3.05, 3.63) is 0 Å². The van der Waals surface area contributed by atoms with Crippen molar-refractivity contribution in [2.75, 3.05) is 0 Å². The van der Waals surface area contributed by atoms with E-state index in [2.05, 4.69) is 36.9 Å². The molecule has 1 aliphatic carbocycles. The first kappa shape index (κ1) is 14.4. The summed E-state index contributed by atoms with van der Waals surface area (Å²) in [5, 5.41) is 20.2. The van der Waals surface area contributed by atoms with Crippen molar-refractivity contribution in [2.24, 2.45) is 0 Å². The third-order valence-corrected chi connectivity index (χ3v) is 4.32. The summed E-state index contributed by atoms with van der Waals surface area (Å²) in [7, 11) is 2.46. The fourth-order valence-corrected chi connectivity index (χ4v) is 3.48. The number of hydrogen-bond acceptors (Lipinski definition) is 3. The van der Waals surface area contributed by atoms with Gasteiger partial charge in [0.25, 0.3) is 0 Å². The van der Waals surface area contributed by atoms with Crippen LogP contribution in [-0.2, 0) is 0 Å². The lowest BCUT2D eigenvalue weighted by molar-refractivity contribution is -0.232. The van der Waals surface area contributed by atoms with Gasteiger partial charge in [-0.2, -0.15) is 0 Å². The Labute approximate surface area is 101 Å². The average molecular weight is 247 g/mol. The minimum atomic E-state index is -1.11. The van der Waals surface area contributed by atoms with Gasteiger partial charge < -0.3 is 10.2 Å². The lowest BCUT2D eigenvalue weighted by Gasteiger charge is -2.54. The molecule has 16 heavy (non-hydrogen) atoms. The van der Waals surface area contributed by atoms with Gasteiger partial charge in [0.2, 0.25) is 0 Å². The number of nitrogens with zero attached hydrogens (tertiary/aromatic N) is 1. The third-order valence-electron chi connectivity index (χ3n) is 3.57. The zero-order valence-corrected chi connectivity index (χ0v) is 12.1. The Balaban J connectivity index is 3.03. The second-order valence-corrected chi connectivity index (χ2v) is 6.50. The summed E-state index contributed by atoms with van der Waals surface area (Å²) in [6.07, 6.45) is 3.24. The maximum Gasteiger partial charge on any atom is 0.151 e. The van der Waals surface area contributed by atoms with Crippen molar-refractivity contribution in [2.45, 2.75) is 76.5 Å². The van der Waals surface area contributed by atoms with Crippen molar-refractivity contribution in [1.29, 1.82) is 0 Å². The molecule has 3 nitrogen and oxygen atoms in total. The Morgan fingerprint density at radius 1 is 1.00 bits per heavy atom. The fourth-order valence-electron chi connectivity index (χ4n) is 2.99. The van der Waals surface area contributed by atoms with Gasteiger partial charge >= 0.3 is 0 Å². The van der Waals surface area contributed by atoms with Gasteiger partial charge in [0.05, 0.1) is 0 Å². The SMILES string of the molecule is CC(C)N(C(C)C)C1(O)CCCCC1(O)P. The van der Waals surface area contributed by atoms with E-state index in [0.29, 0.717) is 12.8 Å². The Bertz CT molecular complexity index is 235. The molecule has 0 heterocycles. The smallest absolute Gasteiger partial charge is 0.151 e. The highest BCUT2D eigenvalue weighted by Gasteiger charge is 2.52. The predicted octanol–water partition coefficient (Wildman–Crippen LogP) is 1.93. The van der Waals surface area contributed by atoms with Crippen LogP contribution in [0.15, 0.2) is 0 Å². The summed E-state index contributed by atoms with van der Waals surface area (Å²) < 4.78 is 0. The lowest BCUT2D eigenvalue weighted by atomic mass is 9.85. The molecule has 0 aromatic rings. The molecule has 0 amide bonds. The van der Waals surface area contributed by atoms with Crippen molar-refractivity contribution in [3.8, 4) is 0 Å². The first-order valence-electron chi connectivity index (χ1n) is 6.24. The summed E-state index contributed by atoms with van der Waals surface area (Å²) in [6, 6.07) is 0.436. The number of aliphatic hydroxyl groups is 2. The van der Waals surface area contributed by atoms with Gasteiger partial charge in [0.15, 0.2) is 5.72 Å². The minimum Gasteiger partial charge on any atom is -0.381 e. The van der Waals surface area contributed by atoms with Gasteiger partial charge in [0, 0.05) is 12.1 Å². The molecule has 1 saturated carbocycles. The van der Waals surface area contributed by atoms with E-state index in [1.165, 1.54) is 0 Å². The third kappa shape index (κ3) is 2.43. The summed E-state index contributed by atoms with van der Waals surface area (Å²) in [5.74, 6) is 0. The highest BCUT2D eigenvalue weighted by molar-refractivity contribution is 7.18. The van der Waals surface area contributed by atoms with Gasteiger partial charge in [-0.25, -0.2) is 0 Å². The van der Waals surface area contributed by atoms with E-state index in [1.54, 1.807) is 0 Å². The van der Waals surface area contributed by atoms with E-state index in [4.69, 9.17) is 0 Å². The molecule has 1 aliphatic rings. The van der Waals surface area contributed by atoms with Gasteiger partial charge in [-0.3, -0.25) is 4.90 Å². The van der Waals surface area contributed by atoms with Crippen LogP contribution in [-0.4, -0.2) is 38.3 Å². The van der Waals surface area contributed by atoms with E-state index < -0.39 is 11.1 Å². The Kier molecular flexibility index (Phi) is 4.40. The van der Waals surface area contributed by atoms with Crippen LogP contribution >= 0.6 is 9.24 Å². The van der Waals surface area contributed by atoms with Crippen molar-refractivity contribution < 1.29 is 10.2 Å². The van der Waals surface area contributed by atoms with E-state index >= 15 is 0 Å². The van der Waals surface area contributed by atoms with Gasteiger partial charge in [-0.1, -0.05) is 9.24 Å². The van der Waals surface area contributed by atoms with E-state index in [-0.39, 0.29) is 12.1 Å². The second kappa shape index (κ2) is 4.89. The second-order valence-electron chi connectivity index (χ2n) is 5.54. The normalized spacial score (nSPS) is 36.4. The maximum atomic E-state index is 10.9. The topological polar surface area (TPSA) is 43.7 Å². The molecule has 1 rings (SSSR count). The van der Waals surface area contributed by atoms with Crippen LogP contribution in [0.3, 0.4) is 0 Å². The van der Waals surface area contributed by atoms with E-state index in [0.717, 1.165) is 12.8 Å². The molecule has 96 valence electrons. The Hall–Kier alpha value is 0.310. The largest absolute Gasteiger partial charge is 0.381 e. The van der Waals surface area contributed by atoms with Gasteiger partial charge in [-0.05, 0) is 53.4 Å². The molecule has 0 spiro atoms. The quantitative estimate of drug-likeness (QED) is 0.591. The van der Waals surface area contributed by atoms with Crippen molar-refractivity contribution >= 4 is 9.24 Å². The van der Waals surface area contributed by atoms with Crippen LogP contribution < -0.4 is 0 Å². The maximum absolute atomic E-state index is 10.9. The molecule has 0 aromatic heterocycles. The first-order chi connectivity index (χ1) is 7.22. The van der Waals surface area contributed by atoms with Crippen molar-refractivity contribution in [1.82, 2.24) is 4.90 Å². The summed E-state index contributed by atoms with van der Waals surface area (Å²) >= 11 is 0. The van der Waals surface area contributed by atoms with Crippen LogP contribution in [0.4, 0.5) is 0 Å². The zero-order chi connectivity index (χ0) is 12.6. The molecule has 2 N–H and O–H groups in total. The van der Waals surface area contributed by atoms with Crippen LogP contribution in [0.1, 0.15) is 53.4 Å². The van der Waals surface area contributed by atoms with Crippen molar-refractivity contribution in [3.63, 3.8) is 0 Å². The molecule has 3 atom stereocenters. The molecule has 1 fully saturated rings. The zero-order valence-electron chi connectivity index (χ0n) is 10.9. The monoisotopic (exact) mass is 247 g/mol. The van der Waals surface area contributed by atoms with Crippen LogP contribution in [0.5, 0.6) is 0 Å². The number of hydrogen-bond donors (Lipinski definition) is 2. The fraction of sp³-hybridized carbons (Fsp3) is 1.00. The molecule has 3 unspecified atom stereocenters. The van der Waals surface area contributed by atoms with E-state index in [1.807, 2.05) is 4.90 Å². The summed E-state index contributed by atoms with van der Waals surface area (Å²) in [5.41, 5.74) is -1.11. The number of rotatable bonds is 3. The van der Waals surface area contributed by atoms with Crippen LogP contribution in [0, 0.1) is 0 Å². The molecule has 0 aliphatic heterocycles. The Morgan fingerprint density at radius 2 is 1.44 bits per heavy atom. The molecule has 4 heteroatoms. The standard InChI is InChI=1S/C12H26NO2P/c1-9(2)13(10(3)4)11(14)7-5-6-8-12(11,15)16/h9-10,14-15H,5-8,16H2,1-4H3. The lowest BCUT2D eigenvalue weighted by Crippen LogP contribution is -2.66. The molecular weight excluding hydrogens is 221 g/mol. The molecule has 0 bridgehead atoms. The van der Waals surface area contributed by atoms with Crippen LogP contribution in [0.25, 0.3) is 0 Å². The highest BCUT2D eigenvalue weighted by atomic mass is 31.0. The molecule has 0 radical (unpaired) electrons. The summed E-state index contributed by atoms with van der Waals surface area (Å²) in [6.45, 7) is 8.25. The van der Waals surface area contributed by atoms with Crippen LogP contribution in [0.2, 0.25) is 0 Å². The minimum absolute atomic E-state index is 0.218. The molecule has 0 aromatic carbocycles. The predicted molar refractivity (Wildman–Crippen MR) is 70.2 cm³/mol. The highest BCUT2D eigenvalue weighted by Crippen LogP contribution is 2.45. The molecular formula is C12H26NO2P. The molecule has 0 saturated heterocycles. The average Bonchev–Trinajstić information content (AvgIpc) is 2.09. The van der Waals surface area contributed by atoms with Gasteiger partial charge in [0.1, 0.15) is 5.34 Å².